The molecule has 1 aromatic carbocycles. The molecule has 0 aliphatic carbocycles. The third kappa shape index (κ3) is 3.71. The monoisotopic (exact) mass is 318 g/mol. The van der Waals surface area contributed by atoms with Gasteiger partial charge in [0.05, 0.1) is 6.10 Å². The summed E-state index contributed by atoms with van der Waals surface area (Å²) in [7, 11) is 2.01. The van der Waals surface area contributed by atoms with E-state index < -0.39 is 6.10 Å². The normalized spacial score (nSPS) is 29.2. The van der Waals surface area contributed by atoms with E-state index in [0.717, 1.165) is 18.5 Å². The number of hydrogen-bond donors (Lipinski definition) is 2. The number of β-amino-alcohol motifs (C(OH)–C–C–N with tert-alkyl or cyclic N) is 1. The third-order valence-corrected chi connectivity index (χ3v) is 4.56. The van der Waals surface area contributed by atoms with Crippen LogP contribution in [-0.4, -0.2) is 54.2 Å². The summed E-state index contributed by atoms with van der Waals surface area (Å²) in [5.41, 5.74) is 1.08. The quantitative estimate of drug-likeness (QED) is 0.800. The molecule has 0 aromatic heterocycles. The van der Waals surface area contributed by atoms with Gasteiger partial charge in [-0.2, -0.15) is 0 Å². The Morgan fingerprint density at radius 2 is 1.96 bits per heavy atom. The van der Waals surface area contributed by atoms with Crippen LogP contribution in [-0.2, 0) is 9.59 Å². The molecule has 2 amide bonds. The van der Waals surface area contributed by atoms with E-state index in [-0.39, 0.29) is 23.8 Å². The predicted octanol–water partition coefficient (Wildman–Crippen LogP) is 0.651. The van der Waals surface area contributed by atoms with Gasteiger partial charge in [0.25, 0.3) is 5.91 Å². The summed E-state index contributed by atoms with van der Waals surface area (Å²) < 4.78 is 5.67. The third-order valence-electron chi connectivity index (χ3n) is 4.56. The maximum absolute atomic E-state index is 11.7. The fraction of sp³-hybridized carbons (Fsp3) is 0.529. The number of aliphatic hydroxyl groups is 1. The van der Waals surface area contributed by atoms with E-state index in [0.29, 0.717) is 25.1 Å². The number of piperidine rings is 2. The number of likely N-dealkylation sites (N-methyl/N-ethyl adjacent to an activating group) is 1. The summed E-state index contributed by atoms with van der Waals surface area (Å²) in [4.78, 5) is 25.0. The van der Waals surface area contributed by atoms with E-state index >= 15 is 0 Å². The number of amides is 2. The number of rotatable bonds is 3. The smallest absolute Gasteiger partial charge is 0.267 e. The average molecular weight is 318 g/mol. The topological polar surface area (TPSA) is 78.9 Å². The Balaban J connectivity index is 1.63. The van der Waals surface area contributed by atoms with Gasteiger partial charge in [-0.3, -0.25) is 14.9 Å². The molecule has 124 valence electrons. The lowest BCUT2D eigenvalue weighted by molar-refractivity contribution is -0.138. The van der Waals surface area contributed by atoms with Gasteiger partial charge in [-0.1, -0.05) is 12.1 Å². The van der Waals surface area contributed by atoms with Gasteiger partial charge >= 0.3 is 0 Å². The number of hydrogen-bond acceptors (Lipinski definition) is 5. The molecule has 1 aromatic rings. The van der Waals surface area contributed by atoms with Crippen LogP contribution in [0.2, 0.25) is 0 Å². The SMILES string of the molecule is CN1CCC(c2ccc(OC3CCC(=O)NC3=O)cc2)C(O)C1. The number of aliphatic hydroxyl groups excluding tert-OH is 1. The van der Waals surface area contributed by atoms with Crippen LogP contribution in [0.4, 0.5) is 0 Å². The van der Waals surface area contributed by atoms with Gasteiger partial charge in [0.2, 0.25) is 5.91 Å². The van der Waals surface area contributed by atoms with E-state index in [2.05, 4.69) is 10.2 Å². The highest BCUT2D eigenvalue weighted by molar-refractivity contribution is 5.99. The number of carbonyl (C=O) groups is 2. The number of likely N-dealkylation sites (tertiary alicyclic amines) is 1. The Bertz CT molecular complexity index is 587. The minimum atomic E-state index is -0.618. The lowest BCUT2D eigenvalue weighted by atomic mass is 9.87. The zero-order chi connectivity index (χ0) is 16.4. The number of imide groups is 1. The molecule has 6 heteroatoms. The molecule has 2 saturated heterocycles. The summed E-state index contributed by atoms with van der Waals surface area (Å²) in [6.45, 7) is 1.65. The van der Waals surface area contributed by atoms with Crippen molar-refractivity contribution in [1.82, 2.24) is 10.2 Å². The van der Waals surface area contributed by atoms with Crippen LogP contribution in [0.25, 0.3) is 0 Å². The van der Waals surface area contributed by atoms with Gasteiger partial charge in [-0.15, -0.1) is 0 Å². The van der Waals surface area contributed by atoms with Crippen molar-refractivity contribution in [3.8, 4) is 5.75 Å². The maximum Gasteiger partial charge on any atom is 0.267 e. The van der Waals surface area contributed by atoms with Crippen LogP contribution in [0.1, 0.15) is 30.7 Å². The van der Waals surface area contributed by atoms with Crippen molar-refractivity contribution in [2.75, 3.05) is 20.1 Å². The molecule has 0 spiro atoms. The first-order chi connectivity index (χ1) is 11.0. The second-order valence-electron chi connectivity index (χ2n) is 6.35. The molecular formula is C17H22N2O4. The van der Waals surface area contributed by atoms with E-state index in [1.165, 1.54) is 0 Å². The lowest BCUT2D eigenvalue weighted by Gasteiger charge is -2.34. The van der Waals surface area contributed by atoms with Gasteiger partial charge in [-0.25, -0.2) is 0 Å². The first kappa shape index (κ1) is 16.0. The molecule has 2 aliphatic heterocycles. The van der Waals surface area contributed by atoms with Crippen molar-refractivity contribution >= 4 is 11.8 Å². The van der Waals surface area contributed by atoms with Crippen molar-refractivity contribution in [3.05, 3.63) is 29.8 Å². The molecule has 6 nitrogen and oxygen atoms in total. The number of nitrogens with one attached hydrogen (secondary N) is 1. The van der Waals surface area contributed by atoms with Gasteiger partial charge in [0, 0.05) is 25.3 Å². The predicted molar refractivity (Wildman–Crippen MR) is 84.1 cm³/mol. The Morgan fingerprint density at radius 3 is 2.61 bits per heavy atom. The molecule has 3 unspecified atom stereocenters. The Labute approximate surface area is 135 Å². The fourth-order valence-electron chi connectivity index (χ4n) is 3.22. The van der Waals surface area contributed by atoms with Crippen molar-refractivity contribution in [2.45, 2.75) is 37.4 Å². The van der Waals surface area contributed by atoms with Crippen molar-refractivity contribution in [3.63, 3.8) is 0 Å². The van der Waals surface area contributed by atoms with Crippen molar-refractivity contribution < 1.29 is 19.4 Å². The van der Waals surface area contributed by atoms with Crippen LogP contribution in [0.15, 0.2) is 24.3 Å². The second-order valence-corrected chi connectivity index (χ2v) is 6.35. The summed E-state index contributed by atoms with van der Waals surface area (Å²) >= 11 is 0. The van der Waals surface area contributed by atoms with Gasteiger partial charge in [0.15, 0.2) is 6.10 Å². The fourth-order valence-corrected chi connectivity index (χ4v) is 3.22. The first-order valence-corrected chi connectivity index (χ1v) is 8.00. The highest BCUT2D eigenvalue weighted by atomic mass is 16.5. The molecule has 2 fully saturated rings. The van der Waals surface area contributed by atoms with Gasteiger partial charge < -0.3 is 14.7 Å². The summed E-state index contributed by atoms with van der Waals surface area (Å²) in [5, 5.41) is 12.5. The lowest BCUT2D eigenvalue weighted by Crippen LogP contribution is -2.46. The molecule has 2 aliphatic rings. The average Bonchev–Trinajstić information content (AvgIpc) is 2.51. The molecule has 0 bridgehead atoms. The molecule has 0 radical (unpaired) electrons. The number of carbonyl (C=O) groups excluding carboxylic acids is 2. The van der Waals surface area contributed by atoms with E-state index in [1.54, 1.807) is 0 Å². The zero-order valence-corrected chi connectivity index (χ0v) is 13.2. The largest absolute Gasteiger partial charge is 0.481 e. The number of ether oxygens (including phenoxy) is 1. The van der Waals surface area contributed by atoms with Crippen molar-refractivity contribution in [1.29, 1.82) is 0 Å². The number of benzene rings is 1. The van der Waals surface area contributed by atoms with Gasteiger partial charge in [0.1, 0.15) is 5.75 Å². The molecule has 3 atom stereocenters. The van der Waals surface area contributed by atoms with Crippen LogP contribution in [0.3, 0.4) is 0 Å². The van der Waals surface area contributed by atoms with E-state index in [4.69, 9.17) is 4.74 Å². The van der Waals surface area contributed by atoms with Crippen LogP contribution in [0.5, 0.6) is 5.75 Å². The first-order valence-electron chi connectivity index (χ1n) is 8.00. The Kier molecular flexibility index (Phi) is 4.63. The van der Waals surface area contributed by atoms with E-state index in [9.17, 15) is 14.7 Å². The molecule has 23 heavy (non-hydrogen) atoms. The van der Waals surface area contributed by atoms with Crippen LogP contribution >= 0.6 is 0 Å². The summed E-state index contributed by atoms with van der Waals surface area (Å²) in [6.07, 6.45) is 0.643. The summed E-state index contributed by atoms with van der Waals surface area (Å²) in [5.74, 6) is 0.110. The molecule has 2 heterocycles. The molecule has 0 saturated carbocycles. The molecular weight excluding hydrogens is 296 g/mol. The highest BCUT2D eigenvalue weighted by Crippen LogP contribution is 2.29. The maximum atomic E-state index is 11.7. The minimum absolute atomic E-state index is 0.135. The minimum Gasteiger partial charge on any atom is -0.481 e. The van der Waals surface area contributed by atoms with Crippen LogP contribution in [0, 0.1) is 0 Å². The molecule has 3 rings (SSSR count). The number of nitrogens with zero attached hydrogens (tertiary/aromatic N) is 1. The zero-order valence-electron chi connectivity index (χ0n) is 13.2. The highest BCUT2D eigenvalue weighted by Gasteiger charge is 2.29. The van der Waals surface area contributed by atoms with E-state index in [1.807, 2.05) is 31.3 Å². The van der Waals surface area contributed by atoms with Gasteiger partial charge in [-0.05, 0) is 37.7 Å². The Morgan fingerprint density at radius 1 is 1.22 bits per heavy atom. The van der Waals surface area contributed by atoms with Crippen molar-refractivity contribution in [2.24, 2.45) is 0 Å². The Hall–Kier alpha value is -1.92. The second kappa shape index (κ2) is 6.68. The van der Waals surface area contributed by atoms with Crippen LogP contribution < -0.4 is 10.1 Å². The summed E-state index contributed by atoms with van der Waals surface area (Å²) in [6, 6.07) is 7.54. The standard InChI is InChI=1S/C17H22N2O4/c1-19-9-8-13(14(20)10-19)11-2-4-12(5-3-11)23-15-6-7-16(21)18-17(15)22/h2-5,13-15,20H,6-10H2,1H3,(H,18,21,22). The molecule has 2 N–H and O–H groups in total.